The fraction of sp³-hybridized carbons (Fsp3) is 0.487. The molecule has 14 nitrogen and oxygen atoms in total. The van der Waals surface area contributed by atoms with E-state index in [1.807, 2.05) is 29.8 Å². The summed E-state index contributed by atoms with van der Waals surface area (Å²) in [6, 6.07) is -0.628. The Bertz CT molecular complexity index is 2370. The standard InChI is InChI=1S/C39H43N3O11S/c1-16-9-20-10-22-37(46)42-23-13-50-38(47)39(21-12-25(48-5)24(44)11-19(21)7-8-40-39)14-54-36(30(42)29(41(22)4)26(20)31(45)32(16)49-6)28-27(23)35-34(51-15-52-35)17(2)33(28)53-18(3)43/h9,11-12,22-23,29-30,36-37,40,44-46H,7-8,10,13-15H2,1-6H3/t22-,23-,29+,30+,36-,37-,39-/m0/s1/i7D2,8D2,11D. The number of nitrogens with zero attached hydrogens (tertiary/aromatic N) is 2. The van der Waals surface area contributed by atoms with E-state index in [0.717, 1.165) is 17.3 Å². The number of phenols is 2. The molecule has 3 aromatic rings. The number of ether oxygens (including phenoxy) is 6. The summed E-state index contributed by atoms with van der Waals surface area (Å²) in [6.07, 6.45) is -3.80. The predicted octanol–water partition coefficient (Wildman–Crippen LogP) is 3.41. The molecule has 7 heterocycles. The summed E-state index contributed by atoms with van der Waals surface area (Å²) < 4.78 is 80.1. The van der Waals surface area contributed by atoms with Gasteiger partial charge in [-0.1, -0.05) is 6.07 Å². The normalized spacial score (nSPS) is 32.6. The van der Waals surface area contributed by atoms with Crippen LogP contribution in [0.5, 0.6) is 40.2 Å². The summed E-state index contributed by atoms with van der Waals surface area (Å²) in [5, 5.41) is 37.3. The fourth-order valence-electron chi connectivity index (χ4n) is 9.45. The highest BCUT2D eigenvalue weighted by Gasteiger charge is 2.61. The number of hydrogen-bond donors (Lipinski definition) is 4. The van der Waals surface area contributed by atoms with Gasteiger partial charge in [0.2, 0.25) is 6.79 Å². The van der Waals surface area contributed by atoms with Gasteiger partial charge in [0.1, 0.15) is 18.6 Å². The summed E-state index contributed by atoms with van der Waals surface area (Å²) in [5.41, 5.74) is 0.469. The second kappa shape index (κ2) is 12.6. The molecule has 0 saturated carbocycles. The van der Waals surface area contributed by atoms with Gasteiger partial charge in [-0.2, -0.15) is 0 Å². The van der Waals surface area contributed by atoms with E-state index in [4.69, 9.17) is 35.3 Å². The number of benzene rings is 3. The zero-order chi connectivity index (χ0) is 42.4. The maximum Gasteiger partial charge on any atom is 0.331 e. The predicted molar refractivity (Wildman–Crippen MR) is 195 cm³/mol. The van der Waals surface area contributed by atoms with E-state index in [-0.39, 0.29) is 41.1 Å². The van der Waals surface area contributed by atoms with Crippen LogP contribution in [0, 0.1) is 13.8 Å². The lowest BCUT2D eigenvalue weighted by Crippen LogP contribution is -2.70. The Hall–Kier alpha value is -4.41. The van der Waals surface area contributed by atoms with E-state index < -0.39 is 90.0 Å². The Balaban J connectivity index is 1.35. The van der Waals surface area contributed by atoms with E-state index in [0.29, 0.717) is 45.7 Å². The number of aryl methyl sites for hydroxylation is 1. The van der Waals surface area contributed by atoms with Crippen molar-refractivity contribution in [2.24, 2.45) is 0 Å². The highest BCUT2D eigenvalue weighted by Crippen LogP contribution is 2.64. The number of methoxy groups -OCH3 is 2. The summed E-state index contributed by atoms with van der Waals surface area (Å²) in [6.45, 7) is 1.16. The number of aromatic hydroxyl groups is 2. The van der Waals surface area contributed by atoms with Gasteiger partial charge in [-0.25, -0.2) is 4.79 Å². The Morgan fingerprint density at radius 2 is 1.87 bits per heavy atom. The first-order valence-electron chi connectivity index (χ1n) is 20.0. The smallest absolute Gasteiger partial charge is 0.331 e. The zero-order valence-corrected chi connectivity index (χ0v) is 31.2. The van der Waals surface area contributed by atoms with E-state index in [1.165, 1.54) is 27.2 Å². The van der Waals surface area contributed by atoms with Crippen LogP contribution in [0.25, 0.3) is 0 Å². The number of aliphatic hydroxyl groups excluding tert-OH is 1. The van der Waals surface area contributed by atoms with Crippen LogP contribution < -0.4 is 29.0 Å². The molecule has 0 aromatic heterocycles. The summed E-state index contributed by atoms with van der Waals surface area (Å²) >= 11 is 1.12. The monoisotopic (exact) mass is 766 g/mol. The summed E-state index contributed by atoms with van der Waals surface area (Å²) in [5.74, 6) is -2.04. The van der Waals surface area contributed by atoms with Crippen molar-refractivity contribution in [1.82, 2.24) is 15.1 Å². The number of likely N-dealkylation sites (N-methyl/N-ethyl adjacent to an activating group) is 1. The van der Waals surface area contributed by atoms with Gasteiger partial charge >= 0.3 is 11.9 Å². The number of thioether (sulfide) groups is 1. The molecule has 7 atom stereocenters. The lowest BCUT2D eigenvalue weighted by atomic mass is 9.73. The van der Waals surface area contributed by atoms with Crippen molar-refractivity contribution in [2.45, 2.75) is 74.7 Å². The SMILES string of the molecule is [2H]c1c(O)c(OC)cc2c1C([2H])([2H])C([2H])([2H])N[C@@]21CS[C@H]2c3c(OC(C)=O)c(C)c4c(c3[C@H](COC1=O)N1[C@@H]2[C@H]2c3c(cc(C)c(OC)c3O)C[C@@H]([C@@H]1O)N2C)OCO4. The quantitative estimate of drug-likeness (QED) is 0.226. The highest BCUT2D eigenvalue weighted by atomic mass is 32.2. The maximum atomic E-state index is 14.9. The number of nitrogens with one attached hydrogen (secondary N) is 1. The molecule has 4 bridgehead atoms. The van der Waals surface area contributed by atoms with Crippen LogP contribution in [0.15, 0.2) is 18.2 Å². The van der Waals surface area contributed by atoms with Crippen LogP contribution in [-0.4, -0.2) is 102 Å². The number of fused-ring (bicyclic) bond motifs is 9. The molecule has 0 amide bonds. The van der Waals surface area contributed by atoms with E-state index >= 15 is 0 Å². The van der Waals surface area contributed by atoms with Gasteiger partial charge in [0.25, 0.3) is 0 Å². The first-order valence-corrected chi connectivity index (χ1v) is 18.6. The first kappa shape index (κ1) is 29.9. The average molecular weight is 767 g/mol. The molecule has 10 rings (SSSR count). The highest BCUT2D eigenvalue weighted by molar-refractivity contribution is 7.99. The number of hydrogen-bond acceptors (Lipinski definition) is 15. The van der Waals surface area contributed by atoms with E-state index in [1.54, 1.807) is 6.92 Å². The van der Waals surface area contributed by atoms with Crippen molar-refractivity contribution in [1.29, 1.82) is 0 Å². The van der Waals surface area contributed by atoms with Crippen LogP contribution in [0.1, 0.15) is 75.6 Å². The molecule has 286 valence electrons. The molecular weight excluding hydrogens is 719 g/mol. The van der Waals surface area contributed by atoms with Crippen molar-refractivity contribution < 1.29 is 60.2 Å². The second-order valence-electron chi connectivity index (χ2n) is 14.4. The van der Waals surface area contributed by atoms with Gasteiger partial charge in [-0.15, -0.1) is 11.8 Å². The third-order valence-electron chi connectivity index (χ3n) is 11.7. The molecule has 15 heteroatoms. The van der Waals surface area contributed by atoms with Crippen LogP contribution >= 0.6 is 11.8 Å². The van der Waals surface area contributed by atoms with Crippen LogP contribution in [0.2, 0.25) is 0 Å². The lowest BCUT2D eigenvalue weighted by molar-refractivity contribution is -0.186. The Morgan fingerprint density at radius 3 is 2.61 bits per heavy atom. The fourth-order valence-corrected chi connectivity index (χ4v) is 11.1. The minimum Gasteiger partial charge on any atom is -0.504 e. The second-order valence-corrected chi connectivity index (χ2v) is 15.6. The number of rotatable bonds is 3. The topological polar surface area (TPSA) is 169 Å². The summed E-state index contributed by atoms with van der Waals surface area (Å²) in [7, 11) is 4.56. The van der Waals surface area contributed by atoms with Gasteiger partial charge in [0, 0.05) is 53.0 Å². The molecular formula is C39H43N3O11S. The van der Waals surface area contributed by atoms with Crippen molar-refractivity contribution >= 4 is 23.7 Å². The Morgan fingerprint density at radius 1 is 1.09 bits per heavy atom. The third-order valence-corrected chi connectivity index (χ3v) is 13.2. The van der Waals surface area contributed by atoms with Crippen molar-refractivity contribution in [3.8, 4) is 40.2 Å². The molecule has 0 unspecified atom stereocenters. The molecule has 0 radical (unpaired) electrons. The molecule has 54 heavy (non-hydrogen) atoms. The van der Waals surface area contributed by atoms with E-state index in [9.17, 15) is 24.9 Å². The van der Waals surface area contributed by atoms with Gasteiger partial charge < -0.3 is 43.7 Å². The van der Waals surface area contributed by atoms with E-state index in [2.05, 4.69) is 5.32 Å². The van der Waals surface area contributed by atoms with Crippen LogP contribution in [0.3, 0.4) is 0 Å². The van der Waals surface area contributed by atoms with Gasteiger partial charge in [-0.05, 0) is 68.1 Å². The average Bonchev–Trinajstić information content (AvgIpc) is 3.66. The van der Waals surface area contributed by atoms with Gasteiger partial charge in [-0.3, -0.25) is 19.9 Å². The number of piperazine rings is 1. The van der Waals surface area contributed by atoms with Gasteiger partial charge in [0.15, 0.2) is 40.0 Å². The van der Waals surface area contributed by atoms with Crippen molar-refractivity contribution in [3.05, 3.63) is 62.7 Å². The van der Waals surface area contributed by atoms with Crippen LogP contribution in [0.4, 0.5) is 0 Å². The van der Waals surface area contributed by atoms with Crippen LogP contribution in [-0.2, 0) is 32.7 Å². The molecule has 1 spiro atoms. The minimum absolute atomic E-state index is 0.0783. The molecule has 2 fully saturated rings. The number of esters is 2. The number of carbonyl (C=O) groups is 2. The third kappa shape index (κ3) is 4.74. The Labute approximate surface area is 323 Å². The maximum absolute atomic E-state index is 14.9. The van der Waals surface area contributed by atoms with Crippen molar-refractivity contribution in [3.63, 3.8) is 0 Å². The number of aliphatic hydroxyl groups is 1. The zero-order valence-electron chi connectivity index (χ0n) is 35.4. The number of carbonyl (C=O) groups excluding carboxylic acids is 2. The summed E-state index contributed by atoms with van der Waals surface area (Å²) in [4.78, 5) is 31.8. The lowest BCUT2D eigenvalue weighted by Gasteiger charge is -2.62. The van der Waals surface area contributed by atoms with Crippen molar-refractivity contribution in [2.75, 3.05) is 46.9 Å². The largest absolute Gasteiger partial charge is 0.504 e. The first-order chi connectivity index (χ1) is 27.8. The van der Waals surface area contributed by atoms with Gasteiger partial charge in [0.05, 0.1) is 39.0 Å². The molecule has 0 aliphatic carbocycles. The molecule has 7 aliphatic rings. The Kier molecular flexibility index (Phi) is 6.95. The number of phenolic OH excluding ortho intramolecular Hbond substituents is 2. The molecule has 3 aromatic carbocycles. The molecule has 2 saturated heterocycles. The molecule has 4 N–H and O–H groups in total. The minimum atomic E-state index is -3.01. The molecule has 7 aliphatic heterocycles.